The van der Waals surface area contributed by atoms with Crippen LogP contribution in [-0.4, -0.2) is 35.4 Å². The van der Waals surface area contributed by atoms with E-state index in [9.17, 15) is 9.59 Å². The number of carbonyl (C=O) groups is 2. The van der Waals surface area contributed by atoms with Crippen molar-refractivity contribution in [2.75, 3.05) is 6.61 Å². The molecular formula is C13H12N2O5. The predicted molar refractivity (Wildman–Crippen MR) is 67.4 cm³/mol. The third-order valence-corrected chi connectivity index (χ3v) is 3.22. The number of fused-ring (bicyclic) bond motifs is 1. The molecule has 0 aromatic heterocycles. The molecule has 2 heterocycles. The van der Waals surface area contributed by atoms with Gasteiger partial charge in [0.15, 0.2) is 5.71 Å². The van der Waals surface area contributed by atoms with E-state index >= 15 is 0 Å². The van der Waals surface area contributed by atoms with Gasteiger partial charge in [0.05, 0.1) is 6.04 Å². The van der Waals surface area contributed by atoms with Gasteiger partial charge in [0.25, 0.3) is 5.91 Å². The summed E-state index contributed by atoms with van der Waals surface area (Å²) in [6, 6.07) is 7.18. The van der Waals surface area contributed by atoms with E-state index in [1.807, 2.05) is 24.3 Å². The number of carbonyl (C=O) groups excluding carboxylic acids is 1. The van der Waals surface area contributed by atoms with Crippen molar-refractivity contribution in [2.45, 2.75) is 18.6 Å². The number of amides is 1. The van der Waals surface area contributed by atoms with Gasteiger partial charge in [0.1, 0.15) is 12.4 Å². The number of para-hydroxylation sites is 1. The quantitative estimate of drug-likeness (QED) is 0.836. The average Bonchev–Trinajstić information content (AvgIpc) is 3.06. The normalized spacial score (nSPS) is 23.3. The summed E-state index contributed by atoms with van der Waals surface area (Å²) in [7, 11) is 0. The van der Waals surface area contributed by atoms with Crippen LogP contribution in [0.1, 0.15) is 18.0 Å². The minimum atomic E-state index is -1.17. The second-order valence-corrected chi connectivity index (χ2v) is 4.55. The van der Waals surface area contributed by atoms with Crippen LogP contribution in [0.25, 0.3) is 0 Å². The molecule has 0 spiro atoms. The minimum Gasteiger partial charge on any atom is -0.491 e. The number of hydrogen-bond donors (Lipinski definition) is 2. The van der Waals surface area contributed by atoms with Crippen molar-refractivity contribution in [2.24, 2.45) is 5.16 Å². The van der Waals surface area contributed by atoms with Crippen molar-refractivity contribution in [1.29, 1.82) is 0 Å². The van der Waals surface area contributed by atoms with Crippen LogP contribution < -0.4 is 10.1 Å². The highest BCUT2D eigenvalue weighted by atomic mass is 16.6. The molecule has 0 radical (unpaired) electrons. The lowest BCUT2D eigenvalue weighted by Crippen LogP contribution is -2.38. The zero-order valence-electron chi connectivity index (χ0n) is 10.4. The smallest absolute Gasteiger partial charge is 0.353 e. The molecule has 1 aromatic rings. The first-order valence-corrected chi connectivity index (χ1v) is 6.13. The summed E-state index contributed by atoms with van der Waals surface area (Å²) in [5.74, 6) is -0.822. The van der Waals surface area contributed by atoms with Crippen molar-refractivity contribution < 1.29 is 24.3 Å². The molecule has 2 unspecified atom stereocenters. The van der Waals surface area contributed by atoms with E-state index in [1.54, 1.807) is 0 Å². The largest absolute Gasteiger partial charge is 0.491 e. The van der Waals surface area contributed by atoms with Crippen LogP contribution in [0, 0.1) is 0 Å². The third kappa shape index (κ3) is 2.18. The molecule has 3 rings (SSSR count). The fourth-order valence-electron chi connectivity index (χ4n) is 2.19. The number of nitrogens with zero attached hydrogens (tertiary/aromatic N) is 1. The zero-order valence-corrected chi connectivity index (χ0v) is 10.4. The van der Waals surface area contributed by atoms with Crippen molar-refractivity contribution >= 4 is 17.6 Å². The molecule has 0 bridgehead atoms. The van der Waals surface area contributed by atoms with E-state index in [0.29, 0.717) is 6.61 Å². The minimum absolute atomic E-state index is 0.0314. The number of benzene rings is 1. The molecule has 2 N–H and O–H groups in total. The van der Waals surface area contributed by atoms with E-state index in [0.717, 1.165) is 11.3 Å². The summed E-state index contributed by atoms with van der Waals surface area (Å²) in [6.45, 7) is 0.352. The summed E-state index contributed by atoms with van der Waals surface area (Å²) in [6.07, 6.45) is -0.926. The number of nitrogens with one attached hydrogen (secondary N) is 1. The zero-order chi connectivity index (χ0) is 14.1. The van der Waals surface area contributed by atoms with E-state index in [-0.39, 0.29) is 18.2 Å². The first kappa shape index (κ1) is 12.5. The lowest BCUT2D eigenvalue weighted by molar-refractivity contribution is -0.132. The highest BCUT2D eigenvalue weighted by Gasteiger charge is 2.34. The van der Waals surface area contributed by atoms with Gasteiger partial charge in [-0.3, -0.25) is 4.79 Å². The summed E-state index contributed by atoms with van der Waals surface area (Å²) in [5, 5.41) is 14.9. The van der Waals surface area contributed by atoms with Gasteiger partial charge in [0, 0.05) is 12.0 Å². The highest BCUT2D eigenvalue weighted by molar-refractivity contribution is 6.36. The standard InChI is InChI=1S/C13H12N2O5/c16-12(11-5-8(13(17)18)15-20-11)14-9-6-19-10-4-2-1-3-7(9)10/h1-4,9,11H,5-6H2,(H,14,16)(H,17,18). The highest BCUT2D eigenvalue weighted by Crippen LogP contribution is 2.31. The maximum atomic E-state index is 12.0. The fraction of sp³-hybridized carbons (Fsp3) is 0.308. The van der Waals surface area contributed by atoms with Crippen LogP contribution in [0.5, 0.6) is 5.75 Å². The van der Waals surface area contributed by atoms with Gasteiger partial charge < -0.3 is 20.0 Å². The molecular weight excluding hydrogens is 264 g/mol. The van der Waals surface area contributed by atoms with E-state index in [1.165, 1.54) is 0 Å². The molecule has 7 nitrogen and oxygen atoms in total. The number of aliphatic carboxylic acids is 1. The Morgan fingerprint density at radius 1 is 1.35 bits per heavy atom. The Balaban J connectivity index is 1.63. The third-order valence-electron chi connectivity index (χ3n) is 3.22. The number of rotatable bonds is 3. The lowest BCUT2D eigenvalue weighted by atomic mass is 10.1. The second kappa shape index (κ2) is 4.84. The van der Waals surface area contributed by atoms with E-state index in [2.05, 4.69) is 10.5 Å². The van der Waals surface area contributed by atoms with Crippen molar-refractivity contribution in [1.82, 2.24) is 5.32 Å². The first-order chi connectivity index (χ1) is 9.65. The molecule has 1 aromatic carbocycles. The van der Waals surface area contributed by atoms with E-state index < -0.39 is 18.0 Å². The molecule has 0 fully saturated rings. The van der Waals surface area contributed by atoms with Gasteiger partial charge in [-0.1, -0.05) is 23.4 Å². The van der Waals surface area contributed by atoms with Gasteiger partial charge in [-0.25, -0.2) is 4.79 Å². The molecule has 2 aliphatic rings. The number of hydrogen-bond acceptors (Lipinski definition) is 5. The average molecular weight is 276 g/mol. The van der Waals surface area contributed by atoms with Gasteiger partial charge >= 0.3 is 5.97 Å². The van der Waals surface area contributed by atoms with E-state index in [4.69, 9.17) is 14.7 Å². The first-order valence-electron chi connectivity index (χ1n) is 6.13. The summed E-state index contributed by atoms with van der Waals surface area (Å²) < 4.78 is 5.46. The molecule has 104 valence electrons. The van der Waals surface area contributed by atoms with Crippen molar-refractivity contribution in [3.8, 4) is 5.75 Å². The Morgan fingerprint density at radius 3 is 2.90 bits per heavy atom. The molecule has 1 amide bonds. The Kier molecular flexibility index (Phi) is 3.02. The maximum Gasteiger partial charge on any atom is 0.353 e. The van der Waals surface area contributed by atoms with Crippen LogP contribution in [0.15, 0.2) is 29.4 Å². The van der Waals surface area contributed by atoms with Gasteiger partial charge in [0.2, 0.25) is 6.10 Å². The van der Waals surface area contributed by atoms with Crippen LogP contribution in [0.2, 0.25) is 0 Å². The molecule has 2 aliphatic heterocycles. The Labute approximate surface area is 114 Å². The Bertz CT molecular complexity index is 598. The van der Waals surface area contributed by atoms with Crippen molar-refractivity contribution in [3.63, 3.8) is 0 Å². The lowest BCUT2D eigenvalue weighted by Gasteiger charge is -2.14. The SMILES string of the molecule is O=C(O)C1=NOC(C(=O)NC2COc3ccccc32)C1. The molecule has 20 heavy (non-hydrogen) atoms. The van der Waals surface area contributed by atoms with Crippen LogP contribution in [0.3, 0.4) is 0 Å². The van der Waals surface area contributed by atoms with Crippen LogP contribution in [-0.2, 0) is 14.4 Å². The molecule has 2 atom stereocenters. The molecule has 7 heteroatoms. The number of oxime groups is 1. The summed E-state index contributed by atoms with van der Waals surface area (Å²) in [5.41, 5.74) is 0.756. The molecule has 0 aliphatic carbocycles. The topological polar surface area (TPSA) is 97.2 Å². The predicted octanol–water partition coefficient (Wildman–Crippen LogP) is 0.466. The fourth-order valence-corrected chi connectivity index (χ4v) is 2.19. The Morgan fingerprint density at radius 2 is 2.15 bits per heavy atom. The van der Waals surface area contributed by atoms with Gasteiger partial charge in [-0.15, -0.1) is 0 Å². The summed E-state index contributed by atoms with van der Waals surface area (Å²) in [4.78, 5) is 27.6. The number of ether oxygens (including phenoxy) is 1. The van der Waals surface area contributed by atoms with Crippen molar-refractivity contribution in [3.05, 3.63) is 29.8 Å². The second-order valence-electron chi connectivity index (χ2n) is 4.55. The number of carboxylic acid groups (broad SMARTS) is 1. The maximum absolute atomic E-state index is 12.0. The van der Waals surface area contributed by atoms with Gasteiger partial charge in [-0.05, 0) is 6.07 Å². The van der Waals surface area contributed by atoms with Crippen LogP contribution in [0.4, 0.5) is 0 Å². The number of carboxylic acids is 1. The molecule has 0 saturated carbocycles. The monoisotopic (exact) mass is 276 g/mol. The molecule has 0 saturated heterocycles. The van der Waals surface area contributed by atoms with Gasteiger partial charge in [-0.2, -0.15) is 0 Å². The Hall–Kier alpha value is -2.57. The van der Waals surface area contributed by atoms with Crippen LogP contribution >= 0.6 is 0 Å². The summed E-state index contributed by atoms with van der Waals surface area (Å²) >= 11 is 0.